The molecule has 0 saturated carbocycles. The van der Waals surface area contributed by atoms with Crippen molar-refractivity contribution in [2.75, 3.05) is 0 Å². The van der Waals surface area contributed by atoms with Crippen molar-refractivity contribution in [3.05, 3.63) is 35.4 Å². The first kappa shape index (κ1) is 7.99. The van der Waals surface area contributed by atoms with E-state index in [9.17, 15) is 4.79 Å². The Bertz CT molecular complexity index is 240. The summed E-state index contributed by atoms with van der Waals surface area (Å²) in [5.41, 5.74) is 2.35. The van der Waals surface area contributed by atoms with Crippen molar-refractivity contribution in [1.29, 1.82) is 0 Å². The van der Waals surface area contributed by atoms with Gasteiger partial charge in [-0.15, -0.1) is 0 Å². The summed E-state index contributed by atoms with van der Waals surface area (Å²) in [6, 6.07) is 7.97. The number of hydrogen-bond acceptors (Lipinski definition) is 1. The normalized spacial score (nSPS) is 9.55. The van der Waals surface area contributed by atoms with E-state index in [4.69, 9.17) is 0 Å². The maximum absolute atomic E-state index is 10.1. The minimum absolute atomic E-state index is 0.421. The monoisotopic (exact) mass is 147 g/mol. The molecule has 1 aromatic rings. The molecule has 57 valence electrons. The number of hydrogen-bond donors (Lipinski definition) is 0. The van der Waals surface area contributed by atoms with Crippen molar-refractivity contribution >= 4 is 6.29 Å². The van der Waals surface area contributed by atoms with E-state index in [1.807, 2.05) is 30.6 Å². The highest BCUT2D eigenvalue weighted by Gasteiger charge is 1.97. The molecule has 0 heterocycles. The highest BCUT2D eigenvalue weighted by atomic mass is 16.1. The van der Waals surface area contributed by atoms with E-state index in [1.54, 1.807) is 0 Å². The summed E-state index contributed by atoms with van der Waals surface area (Å²) in [5.74, 6) is 0. The zero-order chi connectivity index (χ0) is 8.10. The summed E-state index contributed by atoms with van der Waals surface area (Å²) >= 11 is 0. The third-order valence-corrected chi connectivity index (χ3v) is 1.76. The van der Waals surface area contributed by atoms with Gasteiger partial charge in [0.2, 0.25) is 6.29 Å². The molecule has 0 aliphatic carbocycles. The van der Waals surface area contributed by atoms with Crippen LogP contribution in [0.2, 0.25) is 0 Å². The van der Waals surface area contributed by atoms with Gasteiger partial charge in [0, 0.05) is 6.42 Å². The smallest absolute Gasteiger partial charge is 0.203 e. The lowest BCUT2D eigenvalue weighted by molar-refractivity contribution is 0.555. The second-order valence-corrected chi connectivity index (χ2v) is 2.44. The molecule has 0 atom stereocenters. The van der Waals surface area contributed by atoms with Crippen molar-refractivity contribution in [2.24, 2.45) is 0 Å². The minimum Gasteiger partial charge on any atom is -0.291 e. The van der Waals surface area contributed by atoms with Crippen molar-refractivity contribution in [1.82, 2.24) is 0 Å². The van der Waals surface area contributed by atoms with E-state index in [0.29, 0.717) is 6.42 Å². The van der Waals surface area contributed by atoms with Gasteiger partial charge in [-0.1, -0.05) is 31.2 Å². The predicted octanol–water partition coefficient (Wildman–Crippen LogP) is 1.90. The average Bonchev–Trinajstić information content (AvgIpc) is 2.06. The maximum atomic E-state index is 10.1. The summed E-state index contributed by atoms with van der Waals surface area (Å²) in [7, 11) is 0. The van der Waals surface area contributed by atoms with E-state index in [1.165, 1.54) is 5.56 Å². The summed E-state index contributed by atoms with van der Waals surface area (Å²) in [6.45, 7) is 2.09. The zero-order valence-electron chi connectivity index (χ0n) is 6.63. The van der Waals surface area contributed by atoms with Gasteiger partial charge in [-0.3, -0.25) is 4.79 Å². The summed E-state index contributed by atoms with van der Waals surface area (Å²) in [4.78, 5) is 10.1. The molecule has 0 spiro atoms. The zero-order valence-corrected chi connectivity index (χ0v) is 6.63. The molecule has 1 heteroatoms. The van der Waals surface area contributed by atoms with Crippen LogP contribution in [0.5, 0.6) is 0 Å². The molecule has 0 fully saturated rings. The van der Waals surface area contributed by atoms with Crippen molar-refractivity contribution in [3.63, 3.8) is 0 Å². The van der Waals surface area contributed by atoms with Gasteiger partial charge < -0.3 is 0 Å². The highest BCUT2D eigenvalue weighted by Crippen LogP contribution is 2.08. The topological polar surface area (TPSA) is 17.1 Å². The molecule has 1 nitrogen and oxygen atoms in total. The van der Waals surface area contributed by atoms with Gasteiger partial charge in [-0.2, -0.15) is 0 Å². The first-order valence-electron chi connectivity index (χ1n) is 3.80. The van der Waals surface area contributed by atoms with Crippen LogP contribution in [0.4, 0.5) is 0 Å². The van der Waals surface area contributed by atoms with Crippen molar-refractivity contribution in [2.45, 2.75) is 19.8 Å². The fraction of sp³-hybridized carbons (Fsp3) is 0.300. The molecule has 1 radical (unpaired) electrons. The van der Waals surface area contributed by atoms with Crippen LogP contribution < -0.4 is 0 Å². The summed E-state index contributed by atoms with van der Waals surface area (Å²) in [5, 5.41) is 0. The molecule has 1 aromatic carbocycles. The van der Waals surface area contributed by atoms with Crippen LogP contribution in [0.25, 0.3) is 0 Å². The lowest BCUT2D eigenvalue weighted by Gasteiger charge is -2.01. The first-order chi connectivity index (χ1) is 5.38. The number of benzene rings is 1. The summed E-state index contributed by atoms with van der Waals surface area (Å²) < 4.78 is 0. The van der Waals surface area contributed by atoms with E-state index in [2.05, 4.69) is 6.92 Å². The third-order valence-electron chi connectivity index (χ3n) is 1.76. The Labute approximate surface area is 67.1 Å². The maximum Gasteiger partial charge on any atom is 0.203 e. The van der Waals surface area contributed by atoms with E-state index < -0.39 is 0 Å². The molecule has 0 amide bonds. The average molecular weight is 147 g/mol. The molecule has 0 unspecified atom stereocenters. The lowest BCUT2D eigenvalue weighted by Crippen LogP contribution is -1.92. The molecule has 0 aromatic heterocycles. The quantitative estimate of drug-likeness (QED) is 0.638. The van der Waals surface area contributed by atoms with E-state index >= 15 is 0 Å². The Balaban J connectivity index is 2.92. The Morgan fingerprint density at radius 2 is 1.91 bits per heavy atom. The molecule has 0 bridgehead atoms. The van der Waals surface area contributed by atoms with Gasteiger partial charge in [-0.05, 0) is 17.5 Å². The van der Waals surface area contributed by atoms with Gasteiger partial charge in [0.05, 0.1) is 0 Å². The Hall–Kier alpha value is -1.11. The molecule has 0 aliphatic rings. The summed E-state index contributed by atoms with van der Waals surface area (Å²) in [6.07, 6.45) is 3.31. The van der Waals surface area contributed by atoms with Gasteiger partial charge in [0.25, 0.3) is 0 Å². The van der Waals surface area contributed by atoms with Gasteiger partial charge in [0.1, 0.15) is 0 Å². The molecule has 0 saturated heterocycles. The van der Waals surface area contributed by atoms with Crippen LogP contribution in [0.1, 0.15) is 18.1 Å². The number of carbonyl (C=O) groups excluding carboxylic acids is 1. The molecule has 1 rings (SSSR count). The number of rotatable bonds is 3. The minimum atomic E-state index is 0.421. The van der Waals surface area contributed by atoms with Gasteiger partial charge in [0.15, 0.2) is 0 Å². The van der Waals surface area contributed by atoms with Crippen LogP contribution in [-0.2, 0) is 17.6 Å². The second-order valence-electron chi connectivity index (χ2n) is 2.44. The second kappa shape index (κ2) is 3.91. The van der Waals surface area contributed by atoms with Crippen molar-refractivity contribution in [3.8, 4) is 0 Å². The van der Waals surface area contributed by atoms with E-state index in [0.717, 1.165) is 12.0 Å². The number of aryl methyl sites for hydroxylation is 1. The molecule has 11 heavy (non-hydrogen) atoms. The predicted molar refractivity (Wildman–Crippen MR) is 45.2 cm³/mol. The third kappa shape index (κ3) is 1.90. The Morgan fingerprint density at radius 3 is 2.45 bits per heavy atom. The first-order valence-corrected chi connectivity index (χ1v) is 3.80. The molecule has 0 aliphatic heterocycles. The molecule has 0 N–H and O–H groups in total. The van der Waals surface area contributed by atoms with Crippen molar-refractivity contribution < 1.29 is 4.79 Å². The van der Waals surface area contributed by atoms with Crippen LogP contribution in [0.3, 0.4) is 0 Å². The van der Waals surface area contributed by atoms with Gasteiger partial charge >= 0.3 is 0 Å². The lowest BCUT2D eigenvalue weighted by atomic mass is 10.0. The largest absolute Gasteiger partial charge is 0.291 e. The fourth-order valence-corrected chi connectivity index (χ4v) is 1.15. The highest BCUT2D eigenvalue weighted by molar-refractivity contribution is 5.56. The van der Waals surface area contributed by atoms with Crippen LogP contribution in [0, 0.1) is 0 Å². The van der Waals surface area contributed by atoms with Gasteiger partial charge in [-0.25, -0.2) is 0 Å². The molecular formula is C10H11O. The van der Waals surface area contributed by atoms with Crippen LogP contribution >= 0.6 is 0 Å². The van der Waals surface area contributed by atoms with E-state index in [-0.39, 0.29) is 0 Å². The fourth-order valence-electron chi connectivity index (χ4n) is 1.15. The standard InChI is InChI=1S/C10H11O/c1-2-9-5-3-4-6-10(9)7-8-11/h3-6H,2,7H2,1H3. The molecular weight excluding hydrogens is 136 g/mol. The Morgan fingerprint density at radius 1 is 1.27 bits per heavy atom. The van der Waals surface area contributed by atoms with Crippen LogP contribution in [-0.4, -0.2) is 6.29 Å². The SMILES string of the molecule is CCc1ccccc1C[C]=O. The van der Waals surface area contributed by atoms with Crippen LogP contribution in [0.15, 0.2) is 24.3 Å². The Kier molecular flexibility index (Phi) is 2.84.